The highest BCUT2D eigenvalue weighted by Gasteiger charge is 2.30. The number of nitrogens with zero attached hydrogens (tertiary/aromatic N) is 2. The third-order valence-corrected chi connectivity index (χ3v) is 8.46. The van der Waals surface area contributed by atoms with Gasteiger partial charge >= 0.3 is 17.9 Å². The molecule has 1 saturated heterocycles. The van der Waals surface area contributed by atoms with E-state index in [1.165, 1.54) is 20.9 Å². The fourth-order valence-electron chi connectivity index (χ4n) is 4.96. The number of aliphatic carboxylic acids is 2. The first kappa shape index (κ1) is 31.3. The number of piperazine rings is 1. The third kappa shape index (κ3) is 9.46. The van der Waals surface area contributed by atoms with E-state index in [0.29, 0.717) is 31.2 Å². The van der Waals surface area contributed by atoms with Crippen LogP contribution in [0.3, 0.4) is 0 Å². The van der Waals surface area contributed by atoms with Gasteiger partial charge < -0.3 is 14.9 Å². The Labute approximate surface area is 254 Å². The van der Waals surface area contributed by atoms with Gasteiger partial charge in [0.2, 0.25) is 0 Å². The first-order chi connectivity index (χ1) is 20.3. The molecule has 1 atom stereocenters. The minimum Gasteiger partial charge on any atom is -0.478 e. The lowest BCUT2D eigenvalue weighted by atomic mass is 9.96. The highest BCUT2D eigenvalue weighted by molar-refractivity contribution is 7.99. The Hall–Kier alpha value is -3.63. The van der Waals surface area contributed by atoms with E-state index >= 15 is 0 Å². The minimum absolute atomic E-state index is 0.158. The molecule has 1 unspecified atom stereocenters. The van der Waals surface area contributed by atoms with Gasteiger partial charge in [-0.15, -0.1) is 0 Å². The van der Waals surface area contributed by atoms with Gasteiger partial charge in [-0.3, -0.25) is 14.6 Å². The molecule has 0 aromatic heterocycles. The van der Waals surface area contributed by atoms with Gasteiger partial charge in [0.1, 0.15) is 6.61 Å². The summed E-state index contributed by atoms with van der Waals surface area (Å²) in [6, 6.07) is 25.1. The lowest BCUT2D eigenvalue weighted by Crippen LogP contribution is -2.48. The molecular weight excluding hydrogens is 576 g/mol. The number of carboxylic acids is 2. The molecule has 42 heavy (non-hydrogen) atoms. The maximum atomic E-state index is 12.1. The molecule has 0 amide bonds. The first-order valence-electron chi connectivity index (χ1n) is 13.6. The molecular formula is C32H33ClN2O6S. The number of hydrogen-bond donors (Lipinski definition) is 2. The van der Waals surface area contributed by atoms with Crippen molar-refractivity contribution in [3.8, 4) is 0 Å². The molecule has 2 heterocycles. The maximum Gasteiger partial charge on any atom is 0.328 e. The van der Waals surface area contributed by atoms with Crippen LogP contribution in [0, 0.1) is 0 Å². The van der Waals surface area contributed by atoms with Gasteiger partial charge in [0.15, 0.2) is 0 Å². The van der Waals surface area contributed by atoms with E-state index in [1.807, 2.05) is 48.2 Å². The Morgan fingerprint density at radius 3 is 2.24 bits per heavy atom. The molecule has 3 aromatic rings. The molecule has 0 radical (unpaired) electrons. The number of halogens is 1. The van der Waals surface area contributed by atoms with Crippen LogP contribution in [-0.2, 0) is 32.0 Å². The van der Waals surface area contributed by atoms with E-state index in [0.717, 1.165) is 49.7 Å². The smallest absolute Gasteiger partial charge is 0.328 e. The number of fused-ring (bicyclic) bond motifs is 2. The fourth-order valence-corrected chi connectivity index (χ4v) is 6.27. The molecule has 2 N–H and O–H groups in total. The van der Waals surface area contributed by atoms with Crippen molar-refractivity contribution < 1.29 is 29.3 Å². The van der Waals surface area contributed by atoms with Crippen molar-refractivity contribution in [1.29, 1.82) is 0 Å². The van der Waals surface area contributed by atoms with Crippen LogP contribution in [0.4, 0.5) is 0 Å². The summed E-state index contributed by atoms with van der Waals surface area (Å²) < 4.78 is 5.50. The van der Waals surface area contributed by atoms with Crippen LogP contribution in [0.1, 0.15) is 22.7 Å². The second-order valence-electron chi connectivity index (χ2n) is 9.88. The maximum absolute atomic E-state index is 12.1. The number of carboxylic acid groups (broad SMARTS) is 2. The second-order valence-corrected chi connectivity index (χ2v) is 11.4. The van der Waals surface area contributed by atoms with Gasteiger partial charge in [0, 0.05) is 65.7 Å². The molecule has 8 nitrogen and oxygen atoms in total. The van der Waals surface area contributed by atoms with E-state index in [-0.39, 0.29) is 5.97 Å². The van der Waals surface area contributed by atoms with Gasteiger partial charge in [0.25, 0.3) is 0 Å². The SMILES string of the molecule is O=C(Cc1ccccc1)OCCN1CCN(C2Cc3cc(Cl)ccc3Sc3ccccc32)CC1.O=C(O)C=CC(=O)O. The molecule has 0 spiro atoms. The topological polar surface area (TPSA) is 107 Å². The lowest BCUT2D eigenvalue weighted by Gasteiger charge is -2.39. The van der Waals surface area contributed by atoms with Gasteiger partial charge in [-0.2, -0.15) is 0 Å². The van der Waals surface area contributed by atoms with Crippen LogP contribution >= 0.6 is 23.4 Å². The molecule has 220 valence electrons. The van der Waals surface area contributed by atoms with Crippen molar-refractivity contribution in [3.05, 3.63) is 107 Å². The van der Waals surface area contributed by atoms with Crippen molar-refractivity contribution in [2.75, 3.05) is 39.3 Å². The van der Waals surface area contributed by atoms with Gasteiger partial charge in [-0.05, 0) is 47.4 Å². The number of benzene rings is 3. The Morgan fingerprint density at radius 2 is 1.55 bits per heavy atom. The van der Waals surface area contributed by atoms with E-state index in [1.54, 1.807) is 0 Å². The zero-order valence-electron chi connectivity index (χ0n) is 23.0. The number of carbonyl (C=O) groups is 3. The van der Waals surface area contributed by atoms with E-state index < -0.39 is 11.9 Å². The van der Waals surface area contributed by atoms with Crippen LogP contribution < -0.4 is 0 Å². The Bertz CT molecular complexity index is 1390. The average molecular weight is 609 g/mol. The zero-order chi connectivity index (χ0) is 29.9. The summed E-state index contributed by atoms with van der Waals surface area (Å²) in [5.41, 5.74) is 3.72. The predicted octanol–water partition coefficient (Wildman–Crippen LogP) is 5.20. The third-order valence-electron chi connectivity index (χ3n) is 7.01. The van der Waals surface area contributed by atoms with Crippen molar-refractivity contribution in [3.63, 3.8) is 0 Å². The van der Waals surface area contributed by atoms with Crippen LogP contribution in [0.25, 0.3) is 0 Å². The van der Waals surface area contributed by atoms with Crippen LogP contribution in [-0.4, -0.2) is 77.3 Å². The molecule has 2 aliphatic heterocycles. The summed E-state index contributed by atoms with van der Waals surface area (Å²) in [5.74, 6) is -2.67. The normalized spacial score (nSPS) is 16.8. The zero-order valence-corrected chi connectivity index (χ0v) is 24.6. The van der Waals surface area contributed by atoms with Gasteiger partial charge in [0.05, 0.1) is 6.42 Å². The van der Waals surface area contributed by atoms with Crippen molar-refractivity contribution in [2.45, 2.75) is 28.7 Å². The minimum atomic E-state index is -1.26. The number of hydrogen-bond acceptors (Lipinski definition) is 7. The highest BCUT2D eigenvalue weighted by Crippen LogP contribution is 2.43. The van der Waals surface area contributed by atoms with E-state index in [9.17, 15) is 14.4 Å². The van der Waals surface area contributed by atoms with Crippen LogP contribution in [0.15, 0.2) is 94.7 Å². The summed E-state index contributed by atoms with van der Waals surface area (Å²) in [4.78, 5) is 38.9. The summed E-state index contributed by atoms with van der Waals surface area (Å²) >= 11 is 8.19. The molecule has 2 aliphatic rings. The fraction of sp³-hybridized carbons (Fsp3) is 0.281. The monoisotopic (exact) mass is 608 g/mol. The summed E-state index contributed by atoms with van der Waals surface area (Å²) in [6.45, 7) is 5.17. The average Bonchev–Trinajstić information content (AvgIpc) is 3.14. The highest BCUT2D eigenvalue weighted by atomic mass is 35.5. The first-order valence-corrected chi connectivity index (χ1v) is 14.8. The molecule has 0 bridgehead atoms. The quantitative estimate of drug-likeness (QED) is 0.263. The number of rotatable bonds is 8. The molecule has 10 heteroatoms. The molecule has 1 fully saturated rings. The summed E-state index contributed by atoms with van der Waals surface area (Å²) in [6.07, 6.45) is 2.42. The number of esters is 1. The van der Waals surface area contributed by atoms with Crippen molar-refractivity contribution >= 4 is 41.3 Å². The Balaban J connectivity index is 0.000000446. The van der Waals surface area contributed by atoms with Crippen LogP contribution in [0.5, 0.6) is 0 Å². The molecule has 5 rings (SSSR count). The summed E-state index contributed by atoms with van der Waals surface area (Å²) in [7, 11) is 0. The summed E-state index contributed by atoms with van der Waals surface area (Å²) in [5, 5.41) is 16.4. The number of ether oxygens (including phenoxy) is 1. The van der Waals surface area contributed by atoms with E-state index in [4.69, 9.17) is 26.6 Å². The predicted molar refractivity (Wildman–Crippen MR) is 162 cm³/mol. The lowest BCUT2D eigenvalue weighted by molar-refractivity contribution is -0.143. The van der Waals surface area contributed by atoms with Gasteiger partial charge in [-0.1, -0.05) is 71.9 Å². The Kier molecular flexibility index (Phi) is 11.6. The molecule has 0 saturated carbocycles. The largest absolute Gasteiger partial charge is 0.478 e. The number of carbonyl (C=O) groups excluding carboxylic acids is 1. The van der Waals surface area contributed by atoms with E-state index in [2.05, 4.69) is 46.2 Å². The molecule has 0 aliphatic carbocycles. The second kappa shape index (κ2) is 15.6. The Morgan fingerprint density at radius 1 is 0.881 bits per heavy atom. The van der Waals surface area contributed by atoms with Crippen molar-refractivity contribution in [2.24, 2.45) is 0 Å². The van der Waals surface area contributed by atoms with Gasteiger partial charge in [-0.25, -0.2) is 9.59 Å². The van der Waals surface area contributed by atoms with Crippen molar-refractivity contribution in [1.82, 2.24) is 9.80 Å². The molecule has 3 aromatic carbocycles. The standard InChI is InChI=1S/C28H29ClN2O2S.C4H4O4/c29-23-10-11-26-22(19-23)20-25(24-8-4-5-9-27(24)34-26)31-14-12-30(13-15-31)16-17-33-28(32)18-21-6-2-1-3-7-21;5-3(6)1-2-4(7)8/h1-11,19,25H,12-18,20H2;1-2H,(H,5,6)(H,7,8). The van der Waals surface area contributed by atoms with Crippen LogP contribution in [0.2, 0.25) is 5.02 Å².